The zero-order valence-electron chi connectivity index (χ0n) is 8.42. The van der Waals surface area contributed by atoms with E-state index in [1.165, 1.54) is 6.20 Å². The van der Waals surface area contributed by atoms with Crippen molar-refractivity contribution in [2.75, 3.05) is 5.32 Å². The average molecular weight is 198 g/mol. The Balaban J connectivity index is 2.54. The molecule has 0 saturated heterocycles. The summed E-state index contributed by atoms with van der Waals surface area (Å²) in [4.78, 5) is 13.7. The Morgan fingerprint density at radius 3 is 2.64 bits per heavy atom. The van der Waals surface area contributed by atoms with E-state index >= 15 is 0 Å². The number of aromatic nitrogens is 1. The van der Waals surface area contributed by atoms with Gasteiger partial charge in [0.2, 0.25) is 5.88 Å². The molecule has 0 spiro atoms. The standard InChI is InChI=1S/C9H14N2O3/c1-9(2,3)14-8(13)11-6-4-5-10-7(6)12/h4-5,10,12H,1-3H3,(H,11,13). The highest BCUT2D eigenvalue weighted by atomic mass is 16.6. The molecule has 0 saturated carbocycles. The monoisotopic (exact) mass is 198 g/mol. The lowest BCUT2D eigenvalue weighted by Crippen LogP contribution is -2.27. The fourth-order valence-corrected chi connectivity index (χ4v) is 0.875. The molecule has 1 rings (SSSR count). The maximum Gasteiger partial charge on any atom is 0.412 e. The Bertz CT molecular complexity index is 325. The van der Waals surface area contributed by atoms with Crippen molar-refractivity contribution in [2.45, 2.75) is 26.4 Å². The number of amides is 1. The minimum atomic E-state index is -0.590. The first kappa shape index (κ1) is 10.4. The van der Waals surface area contributed by atoms with Crippen LogP contribution in [-0.2, 0) is 4.74 Å². The normalized spacial score (nSPS) is 11.1. The number of carbonyl (C=O) groups is 1. The third kappa shape index (κ3) is 3.01. The zero-order chi connectivity index (χ0) is 10.8. The maximum atomic E-state index is 11.2. The van der Waals surface area contributed by atoms with Crippen molar-refractivity contribution in [1.82, 2.24) is 4.98 Å². The molecule has 0 atom stereocenters. The molecular formula is C9H14N2O3. The van der Waals surface area contributed by atoms with Crippen LogP contribution in [-0.4, -0.2) is 21.8 Å². The molecule has 78 valence electrons. The van der Waals surface area contributed by atoms with Crippen LogP contribution >= 0.6 is 0 Å². The number of hydrogen-bond donors (Lipinski definition) is 3. The Hall–Kier alpha value is -1.65. The van der Waals surface area contributed by atoms with Gasteiger partial charge in [-0.05, 0) is 26.8 Å². The minimum Gasteiger partial charge on any atom is -0.493 e. The van der Waals surface area contributed by atoms with Crippen LogP contribution in [0.15, 0.2) is 12.3 Å². The Morgan fingerprint density at radius 1 is 1.57 bits per heavy atom. The minimum absolute atomic E-state index is 0.0872. The smallest absolute Gasteiger partial charge is 0.412 e. The van der Waals surface area contributed by atoms with Crippen LogP contribution in [0.1, 0.15) is 20.8 Å². The van der Waals surface area contributed by atoms with Gasteiger partial charge in [0.25, 0.3) is 0 Å². The number of aromatic amines is 1. The molecule has 3 N–H and O–H groups in total. The summed E-state index contributed by atoms with van der Waals surface area (Å²) in [7, 11) is 0. The predicted octanol–water partition coefficient (Wildman–Crippen LogP) is 2.07. The van der Waals surface area contributed by atoms with E-state index in [2.05, 4.69) is 10.3 Å². The first-order valence-electron chi connectivity index (χ1n) is 4.25. The van der Waals surface area contributed by atoms with Crippen LogP contribution in [0.25, 0.3) is 0 Å². The van der Waals surface area contributed by atoms with Crippen molar-refractivity contribution in [2.24, 2.45) is 0 Å². The van der Waals surface area contributed by atoms with Gasteiger partial charge in [-0.3, -0.25) is 5.32 Å². The Morgan fingerprint density at radius 2 is 2.21 bits per heavy atom. The number of anilines is 1. The largest absolute Gasteiger partial charge is 0.493 e. The van der Waals surface area contributed by atoms with Crippen LogP contribution in [0.2, 0.25) is 0 Å². The van der Waals surface area contributed by atoms with E-state index in [4.69, 9.17) is 4.74 Å². The molecule has 1 amide bonds. The van der Waals surface area contributed by atoms with Gasteiger partial charge < -0.3 is 14.8 Å². The summed E-state index contributed by atoms with van der Waals surface area (Å²) in [5.41, 5.74) is -0.241. The van der Waals surface area contributed by atoms with Crippen molar-refractivity contribution in [1.29, 1.82) is 0 Å². The van der Waals surface area contributed by atoms with Crippen LogP contribution < -0.4 is 5.32 Å². The summed E-state index contributed by atoms with van der Waals surface area (Å²) in [5.74, 6) is -0.0872. The van der Waals surface area contributed by atoms with Gasteiger partial charge in [0.05, 0.1) is 0 Å². The Kier molecular flexibility index (Phi) is 2.69. The summed E-state index contributed by atoms with van der Waals surface area (Å²) >= 11 is 0. The summed E-state index contributed by atoms with van der Waals surface area (Å²) in [6.45, 7) is 5.30. The van der Waals surface area contributed by atoms with Gasteiger partial charge in [-0.1, -0.05) is 0 Å². The molecular weight excluding hydrogens is 184 g/mol. The molecule has 14 heavy (non-hydrogen) atoms. The number of hydrogen-bond acceptors (Lipinski definition) is 3. The molecule has 0 aliphatic heterocycles. The predicted molar refractivity (Wildman–Crippen MR) is 52.3 cm³/mol. The highest BCUT2D eigenvalue weighted by molar-refractivity contribution is 5.86. The van der Waals surface area contributed by atoms with Gasteiger partial charge in [0.1, 0.15) is 11.3 Å². The lowest BCUT2D eigenvalue weighted by atomic mass is 10.2. The summed E-state index contributed by atoms with van der Waals surface area (Å²) in [6, 6.07) is 1.54. The maximum absolute atomic E-state index is 11.2. The highest BCUT2D eigenvalue weighted by Gasteiger charge is 2.17. The van der Waals surface area contributed by atoms with Gasteiger partial charge in [-0.15, -0.1) is 0 Å². The fourth-order valence-electron chi connectivity index (χ4n) is 0.875. The topological polar surface area (TPSA) is 74.3 Å². The van der Waals surface area contributed by atoms with Gasteiger partial charge >= 0.3 is 6.09 Å². The van der Waals surface area contributed by atoms with Crippen LogP contribution in [0.3, 0.4) is 0 Å². The number of H-pyrrole nitrogens is 1. The molecule has 5 nitrogen and oxygen atoms in total. The molecule has 1 heterocycles. The zero-order valence-corrected chi connectivity index (χ0v) is 8.42. The second-order valence-electron chi connectivity index (χ2n) is 3.87. The molecule has 0 aromatic carbocycles. The fraction of sp³-hybridized carbons (Fsp3) is 0.444. The molecule has 0 aliphatic rings. The van der Waals surface area contributed by atoms with Crippen molar-refractivity contribution >= 4 is 11.8 Å². The lowest BCUT2D eigenvalue weighted by Gasteiger charge is -2.19. The van der Waals surface area contributed by atoms with E-state index in [1.807, 2.05) is 0 Å². The summed E-state index contributed by atoms with van der Waals surface area (Å²) in [6.07, 6.45) is 0.926. The molecule has 5 heteroatoms. The molecule has 0 fully saturated rings. The number of rotatable bonds is 1. The molecule has 0 radical (unpaired) electrons. The first-order chi connectivity index (χ1) is 6.38. The van der Waals surface area contributed by atoms with Gasteiger partial charge in [-0.25, -0.2) is 4.79 Å². The van der Waals surface area contributed by atoms with Gasteiger partial charge in [0.15, 0.2) is 0 Å². The Labute approximate surface area is 82.1 Å². The number of nitrogens with one attached hydrogen (secondary N) is 2. The second-order valence-corrected chi connectivity index (χ2v) is 3.87. The summed E-state index contributed by atoms with van der Waals surface area (Å²) < 4.78 is 4.99. The van der Waals surface area contributed by atoms with E-state index in [-0.39, 0.29) is 5.88 Å². The van der Waals surface area contributed by atoms with Crippen molar-refractivity contribution in [3.8, 4) is 5.88 Å². The summed E-state index contributed by atoms with van der Waals surface area (Å²) in [5, 5.41) is 11.6. The van der Waals surface area contributed by atoms with Crippen molar-refractivity contribution in [3.05, 3.63) is 12.3 Å². The van der Waals surface area contributed by atoms with E-state index in [1.54, 1.807) is 26.8 Å². The number of ether oxygens (including phenoxy) is 1. The average Bonchev–Trinajstić information content (AvgIpc) is 2.32. The quantitative estimate of drug-likeness (QED) is 0.646. The first-order valence-corrected chi connectivity index (χ1v) is 4.25. The van der Waals surface area contributed by atoms with Crippen LogP contribution in [0.5, 0.6) is 5.88 Å². The number of aromatic hydroxyl groups is 1. The van der Waals surface area contributed by atoms with Crippen LogP contribution in [0, 0.1) is 0 Å². The molecule has 1 aromatic heterocycles. The SMILES string of the molecule is CC(C)(C)OC(=O)Nc1cc[nH]c1O. The lowest BCUT2D eigenvalue weighted by molar-refractivity contribution is 0.0635. The van der Waals surface area contributed by atoms with E-state index in [0.717, 1.165) is 0 Å². The van der Waals surface area contributed by atoms with Gasteiger partial charge in [0, 0.05) is 6.20 Å². The number of carbonyl (C=O) groups excluding carboxylic acids is 1. The molecule has 0 bridgehead atoms. The third-order valence-corrected chi connectivity index (χ3v) is 1.36. The third-order valence-electron chi connectivity index (χ3n) is 1.36. The molecule has 0 aliphatic carbocycles. The molecule has 0 unspecified atom stereocenters. The second kappa shape index (κ2) is 3.61. The highest BCUT2D eigenvalue weighted by Crippen LogP contribution is 2.20. The van der Waals surface area contributed by atoms with Crippen molar-refractivity contribution in [3.63, 3.8) is 0 Å². The van der Waals surface area contributed by atoms with E-state index in [9.17, 15) is 9.90 Å². The van der Waals surface area contributed by atoms with Gasteiger partial charge in [-0.2, -0.15) is 0 Å². The van der Waals surface area contributed by atoms with E-state index < -0.39 is 11.7 Å². The van der Waals surface area contributed by atoms with E-state index in [0.29, 0.717) is 5.69 Å². The van der Waals surface area contributed by atoms with Crippen molar-refractivity contribution < 1.29 is 14.6 Å². The van der Waals surface area contributed by atoms with Crippen LogP contribution in [0.4, 0.5) is 10.5 Å². The molecule has 1 aromatic rings.